The van der Waals surface area contributed by atoms with Crippen LogP contribution < -0.4 is 5.32 Å². The Labute approximate surface area is 118 Å². The minimum atomic E-state index is -0.290. The number of hydrogen-bond donors (Lipinski definition) is 1. The van der Waals surface area contributed by atoms with E-state index in [1.807, 2.05) is 24.3 Å². The van der Waals surface area contributed by atoms with Gasteiger partial charge in [-0.1, -0.05) is 43.6 Å². The Morgan fingerprint density at radius 2 is 1.95 bits per heavy atom. The molecule has 0 saturated carbocycles. The lowest BCUT2D eigenvalue weighted by atomic mass is 10.0. The van der Waals surface area contributed by atoms with E-state index in [2.05, 4.69) is 19.2 Å². The molecule has 0 aliphatic heterocycles. The average Bonchev–Trinajstić information content (AvgIpc) is 2.36. The van der Waals surface area contributed by atoms with Gasteiger partial charge in [0.25, 0.3) is 0 Å². The van der Waals surface area contributed by atoms with Crippen LogP contribution in [-0.4, -0.2) is 6.04 Å². The second kappa shape index (κ2) is 6.18. The lowest BCUT2D eigenvalue weighted by molar-refractivity contribution is 0.589. The number of halogens is 2. The van der Waals surface area contributed by atoms with Crippen LogP contribution in [0.1, 0.15) is 19.4 Å². The minimum absolute atomic E-state index is 0.290. The summed E-state index contributed by atoms with van der Waals surface area (Å²) in [5.74, 6) is -0.290. The Morgan fingerprint density at radius 3 is 2.63 bits per heavy atom. The fourth-order valence-corrected chi connectivity index (χ4v) is 2.05. The predicted octanol–water partition coefficient (Wildman–Crippen LogP) is 4.64. The molecule has 0 spiro atoms. The van der Waals surface area contributed by atoms with E-state index in [-0.39, 0.29) is 5.82 Å². The van der Waals surface area contributed by atoms with Gasteiger partial charge >= 0.3 is 0 Å². The molecule has 0 saturated heterocycles. The van der Waals surface area contributed by atoms with Crippen molar-refractivity contribution in [2.24, 2.45) is 0 Å². The largest absolute Gasteiger partial charge is 0.310 e. The zero-order valence-electron chi connectivity index (χ0n) is 11.1. The highest BCUT2D eigenvalue weighted by molar-refractivity contribution is 6.30. The van der Waals surface area contributed by atoms with E-state index in [0.717, 1.165) is 17.7 Å². The SMILES string of the molecule is CC(C)NCc1cccc(-c2ccc(Cl)cc2F)c1. The summed E-state index contributed by atoms with van der Waals surface area (Å²) in [6, 6.07) is 13.1. The first-order chi connectivity index (χ1) is 9.06. The van der Waals surface area contributed by atoms with E-state index in [4.69, 9.17) is 11.6 Å². The third kappa shape index (κ3) is 3.79. The van der Waals surface area contributed by atoms with Crippen molar-refractivity contribution in [3.05, 3.63) is 58.9 Å². The molecular formula is C16H17ClFN. The first-order valence-electron chi connectivity index (χ1n) is 6.34. The predicted molar refractivity (Wildman–Crippen MR) is 78.8 cm³/mol. The molecule has 0 aliphatic rings. The van der Waals surface area contributed by atoms with Crippen molar-refractivity contribution in [3.8, 4) is 11.1 Å². The summed E-state index contributed by atoms with van der Waals surface area (Å²) in [6.45, 7) is 4.98. The molecule has 2 aromatic carbocycles. The van der Waals surface area contributed by atoms with Crippen molar-refractivity contribution in [2.45, 2.75) is 26.4 Å². The molecule has 0 fully saturated rings. The van der Waals surface area contributed by atoms with Crippen LogP contribution in [-0.2, 0) is 6.54 Å². The summed E-state index contributed by atoms with van der Waals surface area (Å²) in [7, 11) is 0. The van der Waals surface area contributed by atoms with E-state index in [9.17, 15) is 4.39 Å². The molecule has 1 N–H and O–H groups in total. The molecule has 100 valence electrons. The Morgan fingerprint density at radius 1 is 1.16 bits per heavy atom. The van der Waals surface area contributed by atoms with E-state index >= 15 is 0 Å². The monoisotopic (exact) mass is 277 g/mol. The quantitative estimate of drug-likeness (QED) is 0.858. The van der Waals surface area contributed by atoms with Gasteiger partial charge in [-0.3, -0.25) is 0 Å². The molecule has 19 heavy (non-hydrogen) atoms. The molecule has 0 unspecified atom stereocenters. The minimum Gasteiger partial charge on any atom is -0.310 e. The summed E-state index contributed by atoms with van der Waals surface area (Å²) in [5.41, 5.74) is 2.59. The van der Waals surface area contributed by atoms with Crippen molar-refractivity contribution in [3.63, 3.8) is 0 Å². The van der Waals surface area contributed by atoms with Crippen LogP contribution in [0, 0.1) is 5.82 Å². The highest BCUT2D eigenvalue weighted by Gasteiger charge is 2.06. The molecule has 0 atom stereocenters. The fourth-order valence-electron chi connectivity index (χ4n) is 1.89. The molecule has 0 heterocycles. The molecular weight excluding hydrogens is 261 g/mol. The maximum atomic E-state index is 13.9. The van der Waals surface area contributed by atoms with Gasteiger partial charge in [-0.2, -0.15) is 0 Å². The van der Waals surface area contributed by atoms with Crippen molar-refractivity contribution >= 4 is 11.6 Å². The summed E-state index contributed by atoms with van der Waals surface area (Å²) in [6.07, 6.45) is 0. The molecule has 0 radical (unpaired) electrons. The number of rotatable bonds is 4. The topological polar surface area (TPSA) is 12.0 Å². The highest BCUT2D eigenvalue weighted by Crippen LogP contribution is 2.26. The number of hydrogen-bond acceptors (Lipinski definition) is 1. The summed E-state index contributed by atoms with van der Waals surface area (Å²) in [4.78, 5) is 0. The van der Waals surface area contributed by atoms with Gasteiger partial charge in [-0.15, -0.1) is 0 Å². The van der Waals surface area contributed by atoms with Crippen molar-refractivity contribution in [1.82, 2.24) is 5.32 Å². The third-order valence-electron chi connectivity index (χ3n) is 2.88. The van der Waals surface area contributed by atoms with Gasteiger partial charge in [0.05, 0.1) is 0 Å². The van der Waals surface area contributed by atoms with Gasteiger partial charge in [0, 0.05) is 23.2 Å². The van der Waals surface area contributed by atoms with Crippen LogP contribution in [0.5, 0.6) is 0 Å². The first kappa shape index (κ1) is 14.0. The van der Waals surface area contributed by atoms with Crippen molar-refractivity contribution < 1.29 is 4.39 Å². The van der Waals surface area contributed by atoms with Crippen LogP contribution >= 0.6 is 11.6 Å². The lowest BCUT2D eigenvalue weighted by Crippen LogP contribution is -2.21. The molecule has 2 rings (SSSR count). The maximum Gasteiger partial charge on any atom is 0.132 e. The standard InChI is InChI=1S/C16H17ClFN/c1-11(2)19-10-12-4-3-5-13(8-12)15-7-6-14(17)9-16(15)18/h3-9,11,19H,10H2,1-2H3. The number of nitrogens with one attached hydrogen (secondary N) is 1. The van der Waals surface area contributed by atoms with E-state index in [1.54, 1.807) is 12.1 Å². The average molecular weight is 278 g/mol. The van der Waals surface area contributed by atoms with Gasteiger partial charge < -0.3 is 5.32 Å². The van der Waals surface area contributed by atoms with E-state index < -0.39 is 0 Å². The summed E-state index contributed by atoms with van der Waals surface area (Å²) in [5, 5.41) is 3.76. The molecule has 1 nitrogen and oxygen atoms in total. The normalized spacial score (nSPS) is 11.0. The first-order valence-corrected chi connectivity index (χ1v) is 6.72. The second-order valence-corrected chi connectivity index (χ2v) is 5.30. The molecule has 0 aliphatic carbocycles. The smallest absolute Gasteiger partial charge is 0.132 e. The maximum absolute atomic E-state index is 13.9. The zero-order valence-corrected chi connectivity index (χ0v) is 11.8. The van der Waals surface area contributed by atoms with Crippen LogP contribution in [0.4, 0.5) is 4.39 Å². The molecule has 3 heteroatoms. The molecule has 0 bridgehead atoms. The van der Waals surface area contributed by atoms with Gasteiger partial charge in [0.15, 0.2) is 0 Å². The van der Waals surface area contributed by atoms with Gasteiger partial charge in [0.1, 0.15) is 5.82 Å². The van der Waals surface area contributed by atoms with Crippen LogP contribution in [0.2, 0.25) is 5.02 Å². The van der Waals surface area contributed by atoms with Gasteiger partial charge in [0.2, 0.25) is 0 Å². The fraction of sp³-hybridized carbons (Fsp3) is 0.250. The van der Waals surface area contributed by atoms with E-state index in [0.29, 0.717) is 16.6 Å². The van der Waals surface area contributed by atoms with Gasteiger partial charge in [-0.05, 0) is 35.4 Å². The number of benzene rings is 2. The second-order valence-electron chi connectivity index (χ2n) is 4.86. The highest BCUT2D eigenvalue weighted by atomic mass is 35.5. The molecule has 0 amide bonds. The van der Waals surface area contributed by atoms with E-state index in [1.165, 1.54) is 6.07 Å². The lowest BCUT2D eigenvalue weighted by Gasteiger charge is -2.10. The van der Waals surface area contributed by atoms with Crippen molar-refractivity contribution in [2.75, 3.05) is 0 Å². The van der Waals surface area contributed by atoms with Crippen LogP contribution in [0.3, 0.4) is 0 Å². The Balaban J connectivity index is 2.27. The Hall–Kier alpha value is -1.38. The summed E-state index contributed by atoms with van der Waals surface area (Å²) < 4.78 is 13.9. The Kier molecular flexibility index (Phi) is 4.56. The molecule has 2 aromatic rings. The zero-order chi connectivity index (χ0) is 13.8. The third-order valence-corrected chi connectivity index (χ3v) is 3.12. The van der Waals surface area contributed by atoms with Gasteiger partial charge in [-0.25, -0.2) is 4.39 Å². The van der Waals surface area contributed by atoms with Crippen molar-refractivity contribution in [1.29, 1.82) is 0 Å². The summed E-state index contributed by atoms with van der Waals surface area (Å²) >= 11 is 5.77. The van der Waals surface area contributed by atoms with Crippen LogP contribution in [0.15, 0.2) is 42.5 Å². The Bertz CT molecular complexity index is 566. The molecule has 0 aromatic heterocycles. The van der Waals surface area contributed by atoms with Crippen LogP contribution in [0.25, 0.3) is 11.1 Å².